The maximum absolute atomic E-state index is 13.8. The maximum atomic E-state index is 13.8. The van der Waals surface area contributed by atoms with Gasteiger partial charge in [-0.1, -0.05) is 36.2 Å². The second kappa shape index (κ2) is 12.2. The molecule has 7 rings (SSSR count). The number of thiazole rings is 1. The van der Waals surface area contributed by atoms with Crippen LogP contribution >= 0.6 is 34.5 Å². The van der Waals surface area contributed by atoms with Crippen molar-refractivity contribution >= 4 is 63.1 Å². The third kappa shape index (κ3) is 6.19. The summed E-state index contributed by atoms with van der Waals surface area (Å²) in [5.41, 5.74) is 5.36. The van der Waals surface area contributed by atoms with Crippen LogP contribution in [-0.2, 0) is 20.0 Å². The Bertz CT molecular complexity index is 1780. The average molecular weight is 666 g/mol. The predicted octanol–water partition coefficient (Wildman–Crippen LogP) is 6.93. The maximum Gasteiger partial charge on any atom is 0.271 e. The second-order valence-corrected chi connectivity index (χ2v) is 15.0. The molecule has 4 aromatic rings. The van der Waals surface area contributed by atoms with Crippen molar-refractivity contribution in [2.75, 3.05) is 18.0 Å². The number of anilines is 1. The van der Waals surface area contributed by atoms with Gasteiger partial charge in [0.05, 0.1) is 32.3 Å². The van der Waals surface area contributed by atoms with Crippen molar-refractivity contribution in [2.45, 2.75) is 65.0 Å². The number of nitrogens with one attached hydrogen (secondary N) is 2. The Balaban J connectivity index is 1.16. The van der Waals surface area contributed by atoms with Gasteiger partial charge in [-0.15, -0.1) is 11.3 Å². The highest BCUT2D eigenvalue weighted by Gasteiger charge is 2.46. The van der Waals surface area contributed by atoms with Gasteiger partial charge >= 0.3 is 0 Å². The number of piperidine rings is 1. The van der Waals surface area contributed by atoms with Crippen LogP contribution in [0.3, 0.4) is 0 Å². The zero-order chi connectivity index (χ0) is 31.4. The molecule has 2 unspecified atom stereocenters. The normalized spacial score (nSPS) is 22.5. The SMILES string of the molecule is Cc1nc(C(=O)NCc2ccc(Cl)c(Cc3nc4cc(C(=O)NC5CCC(C)CC5)c(N5CC6CC6C5)cc4n3C)c2Cl)cs1. The smallest absolute Gasteiger partial charge is 0.271 e. The monoisotopic (exact) mass is 664 g/mol. The predicted molar refractivity (Wildman–Crippen MR) is 181 cm³/mol. The summed E-state index contributed by atoms with van der Waals surface area (Å²) in [5, 5.41) is 9.89. The van der Waals surface area contributed by atoms with E-state index in [1.807, 2.05) is 32.2 Å². The van der Waals surface area contributed by atoms with Gasteiger partial charge < -0.3 is 20.1 Å². The Kier molecular flexibility index (Phi) is 8.29. The first-order valence-corrected chi connectivity index (χ1v) is 17.5. The molecule has 3 heterocycles. The number of rotatable bonds is 8. The topological polar surface area (TPSA) is 92.2 Å². The van der Waals surface area contributed by atoms with Gasteiger partial charge in [-0.25, -0.2) is 9.97 Å². The van der Waals surface area contributed by atoms with Crippen LogP contribution in [0, 0.1) is 24.7 Å². The summed E-state index contributed by atoms with van der Waals surface area (Å²) in [4.78, 5) is 38.0. The summed E-state index contributed by atoms with van der Waals surface area (Å²) in [6, 6.07) is 7.97. The van der Waals surface area contributed by atoms with Crippen molar-refractivity contribution < 1.29 is 9.59 Å². The molecule has 1 saturated heterocycles. The van der Waals surface area contributed by atoms with Crippen LogP contribution in [0.5, 0.6) is 0 Å². The molecule has 3 aliphatic rings. The number of carbonyl (C=O) groups is 2. The molecule has 0 spiro atoms. The van der Waals surface area contributed by atoms with Crippen LogP contribution in [0.4, 0.5) is 5.69 Å². The molecule has 3 fully saturated rings. The number of amides is 2. The second-order valence-electron chi connectivity index (χ2n) is 13.1. The summed E-state index contributed by atoms with van der Waals surface area (Å²) in [5.74, 6) is 2.75. The molecule has 2 aliphatic carbocycles. The fraction of sp³-hybridized carbons (Fsp3) is 0.471. The number of nitrogens with zero attached hydrogens (tertiary/aromatic N) is 4. The van der Waals surface area contributed by atoms with Crippen molar-refractivity contribution in [3.63, 3.8) is 0 Å². The Hall–Kier alpha value is -3.14. The van der Waals surface area contributed by atoms with Gasteiger partial charge in [-0.2, -0.15) is 0 Å². The molecule has 45 heavy (non-hydrogen) atoms. The van der Waals surface area contributed by atoms with Gasteiger partial charge in [0.2, 0.25) is 0 Å². The van der Waals surface area contributed by atoms with Crippen LogP contribution in [0.2, 0.25) is 10.0 Å². The van der Waals surface area contributed by atoms with E-state index in [9.17, 15) is 9.59 Å². The standard InChI is InChI=1S/C34H38Cl2N6O2S/c1-18-4-7-23(8-5-18)39-33(43)25-11-27-30(13-29(25)42-15-21-10-22(21)16-42)41(3)31(40-27)12-24-26(35)9-6-20(32(24)36)14-37-34(44)28-17-45-19(2)38-28/h6,9,11,13,17-18,21-23H,4-5,7-8,10,12,14-16H2,1-3H3,(H,37,44)(H,39,43). The number of benzene rings is 2. The minimum atomic E-state index is -0.244. The molecule has 0 bridgehead atoms. The van der Waals surface area contributed by atoms with E-state index in [1.165, 1.54) is 17.8 Å². The van der Waals surface area contributed by atoms with Crippen LogP contribution in [-0.4, -0.2) is 45.5 Å². The summed E-state index contributed by atoms with van der Waals surface area (Å²) in [6.07, 6.45) is 6.06. The molecule has 2 aromatic carbocycles. The van der Waals surface area contributed by atoms with E-state index in [-0.39, 0.29) is 24.4 Å². The molecule has 8 nitrogen and oxygen atoms in total. The Morgan fingerprint density at radius 3 is 2.51 bits per heavy atom. The zero-order valence-electron chi connectivity index (χ0n) is 25.8. The van der Waals surface area contributed by atoms with Crippen molar-refractivity contribution in [2.24, 2.45) is 24.8 Å². The van der Waals surface area contributed by atoms with E-state index in [0.717, 1.165) is 95.2 Å². The molecule has 1 aliphatic heterocycles. The van der Waals surface area contributed by atoms with E-state index in [4.69, 9.17) is 28.2 Å². The van der Waals surface area contributed by atoms with Crippen LogP contribution in [0.1, 0.15) is 81.8 Å². The summed E-state index contributed by atoms with van der Waals surface area (Å²) in [7, 11) is 2.00. The quantitative estimate of drug-likeness (QED) is 0.213. The van der Waals surface area contributed by atoms with Crippen LogP contribution in [0.15, 0.2) is 29.6 Å². The highest BCUT2D eigenvalue weighted by atomic mass is 35.5. The van der Waals surface area contributed by atoms with Crippen molar-refractivity contribution in [3.8, 4) is 0 Å². The third-order valence-corrected chi connectivity index (χ3v) is 11.5. The number of hydrogen-bond donors (Lipinski definition) is 2. The lowest BCUT2D eigenvalue weighted by molar-refractivity contribution is 0.0921. The van der Waals surface area contributed by atoms with Crippen LogP contribution in [0.25, 0.3) is 11.0 Å². The van der Waals surface area contributed by atoms with Crippen molar-refractivity contribution in [1.82, 2.24) is 25.2 Å². The first-order chi connectivity index (χ1) is 21.6. The fourth-order valence-electron chi connectivity index (χ4n) is 6.98. The largest absolute Gasteiger partial charge is 0.370 e. The van der Waals surface area contributed by atoms with Gasteiger partial charge in [0.1, 0.15) is 11.5 Å². The minimum Gasteiger partial charge on any atom is -0.370 e. The number of halogens is 2. The van der Waals surface area contributed by atoms with E-state index >= 15 is 0 Å². The first kappa shape index (κ1) is 30.5. The van der Waals surface area contributed by atoms with Gasteiger partial charge in [0, 0.05) is 49.5 Å². The molecule has 0 radical (unpaired) electrons. The zero-order valence-corrected chi connectivity index (χ0v) is 28.2. The lowest BCUT2D eigenvalue weighted by Crippen LogP contribution is -2.38. The summed E-state index contributed by atoms with van der Waals surface area (Å²) in [6.45, 7) is 6.41. The van der Waals surface area contributed by atoms with Gasteiger partial charge in [-0.3, -0.25) is 9.59 Å². The lowest BCUT2D eigenvalue weighted by Gasteiger charge is -2.28. The Labute approximate surface area is 277 Å². The summed E-state index contributed by atoms with van der Waals surface area (Å²) >= 11 is 15.0. The van der Waals surface area contributed by atoms with E-state index in [1.54, 1.807) is 5.38 Å². The molecular formula is C34H38Cl2N6O2S. The van der Waals surface area contributed by atoms with Crippen molar-refractivity contribution in [1.29, 1.82) is 0 Å². The molecule has 11 heteroatoms. The van der Waals surface area contributed by atoms with E-state index < -0.39 is 0 Å². The van der Waals surface area contributed by atoms with Gasteiger partial charge in [0.25, 0.3) is 11.8 Å². The molecule has 2 atom stereocenters. The molecule has 2 aromatic heterocycles. The lowest BCUT2D eigenvalue weighted by atomic mass is 9.87. The molecular weight excluding hydrogens is 627 g/mol. The van der Waals surface area contributed by atoms with Crippen LogP contribution < -0.4 is 15.5 Å². The Morgan fingerprint density at radius 1 is 1.04 bits per heavy atom. The first-order valence-electron chi connectivity index (χ1n) is 15.9. The third-order valence-electron chi connectivity index (χ3n) is 9.90. The van der Waals surface area contributed by atoms with Crippen molar-refractivity contribution in [3.05, 3.63) is 72.9 Å². The molecule has 2 saturated carbocycles. The number of hydrogen-bond acceptors (Lipinski definition) is 6. The number of aryl methyl sites for hydroxylation is 2. The number of carbonyl (C=O) groups excluding carboxylic acids is 2. The van der Waals surface area contributed by atoms with E-state index in [0.29, 0.717) is 27.7 Å². The highest BCUT2D eigenvalue weighted by Crippen LogP contribution is 2.47. The molecule has 2 amide bonds. The number of aromatic nitrogens is 3. The summed E-state index contributed by atoms with van der Waals surface area (Å²) < 4.78 is 2.07. The Morgan fingerprint density at radius 2 is 1.80 bits per heavy atom. The van der Waals surface area contributed by atoms with Gasteiger partial charge in [-0.05, 0) is 86.1 Å². The van der Waals surface area contributed by atoms with Gasteiger partial charge in [0.15, 0.2) is 0 Å². The molecule has 236 valence electrons. The number of imidazole rings is 1. The highest BCUT2D eigenvalue weighted by molar-refractivity contribution is 7.09. The van der Waals surface area contributed by atoms with E-state index in [2.05, 4.69) is 38.1 Å². The minimum absolute atomic E-state index is 0.00659. The molecule has 2 N–H and O–H groups in total. The number of fused-ring (bicyclic) bond motifs is 2. The fourth-order valence-corrected chi connectivity index (χ4v) is 8.14. The average Bonchev–Trinajstić information content (AvgIpc) is 3.30.